The van der Waals surface area contributed by atoms with Gasteiger partial charge in [-0.05, 0) is 66.0 Å². The van der Waals surface area contributed by atoms with E-state index < -0.39 is 9.14 Å². The molecule has 158 valence electrons. The Balaban J connectivity index is 0.000000370. The van der Waals surface area contributed by atoms with Crippen molar-refractivity contribution in [3.05, 3.63) is 86.2 Å². The number of quaternary nitrogens is 1. The molecular formula is C18H13Br3Cl6NSb. The molecule has 1 N–H and O–H groups in total. The Morgan fingerprint density at radius 1 is 0.483 bits per heavy atom. The monoisotopic (exact) mass is 811 g/mol. The molecule has 0 aliphatic heterocycles. The molecule has 0 atom stereocenters. The maximum absolute atomic E-state index is 5.42. The number of para-hydroxylation sites is 3. The first-order valence-electron chi connectivity index (χ1n) is 7.81. The van der Waals surface area contributed by atoms with Crippen LogP contribution in [0.2, 0.25) is 0 Å². The van der Waals surface area contributed by atoms with E-state index >= 15 is 0 Å². The normalized spacial score (nSPS) is 13.9. The molecule has 3 rings (SSSR count). The van der Waals surface area contributed by atoms with Crippen LogP contribution in [-0.2, 0) is 0 Å². The topological polar surface area (TPSA) is 4.44 Å². The summed E-state index contributed by atoms with van der Waals surface area (Å²) in [5.41, 5.74) is 3.50. The van der Waals surface area contributed by atoms with Gasteiger partial charge in [0.05, 0.1) is 13.4 Å². The van der Waals surface area contributed by atoms with Gasteiger partial charge >= 0.3 is 62.1 Å². The third-order valence-electron chi connectivity index (χ3n) is 3.43. The molecule has 0 saturated heterocycles. The number of halogens is 9. The van der Waals surface area contributed by atoms with Crippen molar-refractivity contribution in [2.45, 2.75) is 0 Å². The van der Waals surface area contributed by atoms with Gasteiger partial charge in [-0.2, -0.15) is 0 Å². The third kappa shape index (κ3) is 10.4. The Morgan fingerprint density at radius 2 is 0.690 bits per heavy atom. The van der Waals surface area contributed by atoms with E-state index in [0.717, 1.165) is 13.4 Å². The molecule has 0 aromatic heterocycles. The van der Waals surface area contributed by atoms with E-state index in [2.05, 4.69) is 102 Å². The summed E-state index contributed by atoms with van der Waals surface area (Å²) in [6.45, 7) is 0. The summed E-state index contributed by atoms with van der Waals surface area (Å²) in [5.74, 6) is 0. The summed E-state index contributed by atoms with van der Waals surface area (Å²) < 4.78 is 3.24. The molecule has 11 heteroatoms. The van der Waals surface area contributed by atoms with Crippen LogP contribution in [0.15, 0.2) is 86.2 Å². The summed E-state index contributed by atoms with van der Waals surface area (Å²) in [4.78, 5) is 1.19. The number of nitrogens with one attached hydrogen (secondary N) is 1. The number of hydrogen-bond acceptors (Lipinski definition) is 0. The minimum absolute atomic E-state index is 1.08. The molecule has 0 aliphatic carbocycles. The van der Waals surface area contributed by atoms with Crippen LogP contribution in [0.1, 0.15) is 0 Å². The zero-order chi connectivity index (χ0) is 21.9. The van der Waals surface area contributed by atoms with Gasteiger partial charge in [-0.1, -0.05) is 36.4 Å². The second kappa shape index (κ2) is 9.85. The Morgan fingerprint density at radius 3 is 0.897 bits per heavy atom. The molecule has 3 aromatic carbocycles. The molecule has 1 nitrogen and oxygen atoms in total. The molecule has 29 heavy (non-hydrogen) atoms. The molecular weight excluding hydrogens is 804 g/mol. The average Bonchev–Trinajstić information content (AvgIpc) is 2.57. The molecule has 0 saturated carbocycles. The first-order chi connectivity index (χ1) is 13.1. The van der Waals surface area contributed by atoms with Gasteiger partial charge in [0.25, 0.3) is 0 Å². The Bertz CT molecular complexity index is 893. The van der Waals surface area contributed by atoms with Gasteiger partial charge in [0.2, 0.25) is 0 Å². The van der Waals surface area contributed by atoms with Crippen LogP contribution in [0.4, 0.5) is 17.1 Å². The van der Waals surface area contributed by atoms with E-state index in [-0.39, 0.29) is 0 Å². The van der Waals surface area contributed by atoms with Crippen molar-refractivity contribution in [2.75, 3.05) is 0 Å². The molecule has 0 aliphatic rings. The molecule has 0 unspecified atom stereocenters. The van der Waals surface area contributed by atoms with Gasteiger partial charge in [0, 0.05) is 18.2 Å². The number of rotatable bonds is 3. The molecule has 0 bridgehead atoms. The summed E-state index contributed by atoms with van der Waals surface area (Å²) in [5, 5.41) is 0. The zero-order valence-electron chi connectivity index (χ0n) is 14.3. The van der Waals surface area contributed by atoms with E-state index in [1.165, 1.54) is 22.0 Å². The molecule has 0 fully saturated rings. The van der Waals surface area contributed by atoms with Crippen molar-refractivity contribution in [3.63, 3.8) is 0 Å². The second-order valence-corrected chi connectivity index (χ2v) is 65.2. The average molecular weight is 817 g/mol. The van der Waals surface area contributed by atoms with Crippen LogP contribution in [0, 0.1) is 0 Å². The van der Waals surface area contributed by atoms with Crippen molar-refractivity contribution in [2.24, 2.45) is 0 Å². The van der Waals surface area contributed by atoms with E-state index in [9.17, 15) is 0 Å². The standard InChI is InChI=1S/C18H12Br3N.6ClH.Sb/c19-13-7-1-4-10-16(13)22(17-11-5-2-8-14(17)20)18-12-6-3-9-15(18)21;;;;;;;/h1-12H;6*1H;/q;;;;;;;+5/p-5. The van der Waals surface area contributed by atoms with E-state index in [1.54, 1.807) is 0 Å². The predicted octanol–water partition coefficient (Wildman–Crippen LogP) is 9.91. The summed E-state index contributed by atoms with van der Waals surface area (Å²) in [6.07, 6.45) is 0. The fraction of sp³-hybridized carbons (Fsp3) is 0. The minimum atomic E-state index is -5.42. The van der Waals surface area contributed by atoms with Crippen molar-refractivity contribution in [3.8, 4) is 0 Å². The van der Waals surface area contributed by atoms with Gasteiger partial charge in [-0.25, -0.2) is 4.90 Å². The summed E-state index contributed by atoms with van der Waals surface area (Å²) >= 11 is 11.1. The van der Waals surface area contributed by atoms with Crippen LogP contribution in [0.5, 0.6) is 0 Å². The van der Waals surface area contributed by atoms with Crippen LogP contribution >= 0.6 is 101 Å². The zero-order valence-corrected chi connectivity index (χ0v) is 26.1. The van der Waals surface area contributed by atoms with Gasteiger partial charge in [0.1, 0.15) is 0 Å². The Kier molecular flexibility index (Phi) is 9.13. The van der Waals surface area contributed by atoms with Crippen LogP contribution in [0.25, 0.3) is 0 Å². The molecule has 0 spiro atoms. The molecule has 0 heterocycles. The fourth-order valence-corrected chi connectivity index (χ4v) is 3.88. The summed E-state index contributed by atoms with van der Waals surface area (Å²) in [6, 6.07) is 24.9. The van der Waals surface area contributed by atoms with Gasteiger partial charge in [0.15, 0.2) is 17.1 Å². The molecule has 0 amide bonds. The van der Waals surface area contributed by atoms with Crippen LogP contribution in [0.3, 0.4) is 0 Å². The fourth-order valence-electron chi connectivity index (χ4n) is 2.43. The Hall–Kier alpha value is 1.62. The Labute approximate surface area is 215 Å². The van der Waals surface area contributed by atoms with Gasteiger partial charge in [-0.3, -0.25) is 0 Å². The maximum atomic E-state index is 5.06. The second-order valence-electron chi connectivity index (χ2n) is 5.77. The van der Waals surface area contributed by atoms with Crippen LogP contribution in [-0.4, -0.2) is 9.14 Å². The van der Waals surface area contributed by atoms with Crippen molar-refractivity contribution in [1.82, 2.24) is 0 Å². The molecule has 0 radical (unpaired) electrons. The third-order valence-corrected chi connectivity index (χ3v) is 5.50. The molecule has 3 aromatic rings. The van der Waals surface area contributed by atoms with Crippen molar-refractivity contribution in [1.29, 1.82) is 0 Å². The first-order valence-corrected chi connectivity index (χ1v) is 29.6. The van der Waals surface area contributed by atoms with E-state index in [0.29, 0.717) is 0 Å². The first kappa shape index (κ1) is 26.9. The van der Waals surface area contributed by atoms with Crippen molar-refractivity contribution < 1.29 is 4.90 Å². The number of benzene rings is 3. The van der Waals surface area contributed by atoms with Gasteiger partial charge in [-0.15, -0.1) is 0 Å². The van der Waals surface area contributed by atoms with Crippen LogP contribution < -0.4 is 4.90 Å². The van der Waals surface area contributed by atoms with Crippen molar-refractivity contribution >= 4 is 127 Å². The van der Waals surface area contributed by atoms with Gasteiger partial charge < -0.3 is 0 Å². The SMILES string of the molecule is Brc1ccccc1[NH+](c1ccccc1Br)c1ccccc1Br.[Cl][Sb-]([Cl])([Cl])([Cl])([Cl])[Cl]. The van der Waals surface area contributed by atoms with E-state index in [4.69, 9.17) is 53.0 Å². The summed E-state index contributed by atoms with van der Waals surface area (Å²) in [7, 11) is 25.0. The quantitative estimate of drug-likeness (QED) is 0.251. The van der Waals surface area contributed by atoms with E-state index in [1.807, 2.05) is 18.2 Å². The number of hydrogen-bond donors (Lipinski definition) is 1. The predicted molar refractivity (Wildman–Crippen MR) is 143 cm³/mol.